The summed E-state index contributed by atoms with van der Waals surface area (Å²) < 4.78 is 11.6. The van der Waals surface area contributed by atoms with Crippen molar-refractivity contribution >= 4 is 40.9 Å². The smallest absolute Gasteiger partial charge is 0.238 e. The number of hydrogen-bond acceptors (Lipinski definition) is 5. The number of rotatable bonds is 6. The summed E-state index contributed by atoms with van der Waals surface area (Å²) >= 11 is 7.35. The number of carbonyl (C=O) groups is 2. The zero-order valence-corrected chi connectivity index (χ0v) is 18.4. The quantitative estimate of drug-likeness (QED) is 0.696. The summed E-state index contributed by atoms with van der Waals surface area (Å²) in [5.41, 5.74) is 2.66. The van der Waals surface area contributed by atoms with Gasteiger partial charge in [0.15, 0.2) is 0 Å². The lowest BCUT2D eigenvalue weighted by atomic mass is 10.1. The summed E-state index contributed by atoms with van der Waals surface area (Å²) in [6, 6.07) is 9.27. The number of thioether (sulfide) groups is 1. The SMILES string of the molecule is CCOc1cc2c(cc1CNC(=O)C[C@@H]1Sc3ccc(Cl)cc3NC1=O)O[C@@H](C)C2. The van der Waals surface area contributed by atoms with E-state index in [2.05, 4.69) is 10.6 Å². The van der Waals surface area contributed by atoms with Gasteiger partial charge in [-0.05, 0) is 44.2 Å². The van der Waals surface area contributed by atoms with Gasteiger partial charge in [0.25, 0.3) is 0 Å². The predicted molar refractivity (Wildman–Crippen MR) is 118 cm³/mol. The Labute approximate surface area is 184 Å². The number of halogens is 1. The first-order chi connectivity index (χ1) is 14.4. The number of anilines is 1. The topological polar surface area (TPSA) is 76.7 Å². The van der Waals surface area contributed by atoms with Crippen LogP contribution >= 0.6 is 23.4 Å². The van der Waals surface area contributed by atoms with Gasteiger partial charge in [0.05, 0.1) is 17.5 Å². The molecule has 158 valence electrons. The fourth-order valence-electron chi connectivity index (χ4n) is 3.60. The van der Waals surface area contributed by atoms with Gasteiger partial charge in [0, 0.05) is 40.4 Å². The van der Waals surface area contributed by atoms with Gasteiger partial charge in [-0.1, -0.05) is 11.6 Å². The molecular formula is C22H23ClN2O4S. The van der Waals surface area contributed by atoms with Crippen LogP contribution in [-0.4, -0.2) is 29.8 Å². The van der Waals surface area contributed by atoms with Crippen LogP contribution in [0.15, 0.2) is 35.2 Å². The van der Waals surface area contributed by atoms with Gasteiger partial charge in [-0.2, -0.15) is 0 Å². The van der Waals surface area contributed by atoms with Crippen molar-refractivity contribution in [2.24, 2.45) is 0 Å². The first-order valence-electron chi connectivity index (χ1n) is 9.92. The fraction of sp³-hybridized carbons (Fsp3) is 0.364. The van der Waals surface area contributed by atoms with Crippen LogP contribution in [0.4, 0.5) is 5.69 Å². The summed E-state index contributed by atoms with van der Waals surface area (Å²) in [7, 11) is 0. The van der Waals surface area contributed by atoms with Crippen LogP contribution in [0, 0.1) is 0 Å². The van der Waals surface area contributed by atoms with E-state index in [1.54, 1.807) is 12.1 Å². The molecule has 2 aromatic rings. The molecule has 2 N–H and O–H groups in total. The van der Waals surface area contributed by atoms with E-state index in [1.807, 2.05) is 32.0 Å². The number of nitrogens with one attached hydrogen (secondary N) is 2. The molecule has 0 aliphatic carbocycles. The Morgan fingerprint density at radius 3 is 3.00 bits per heavy atom. The zero-order valence-electron chi connectivity index (χ0n) is 16.8. The Morgan fingerprint density at radius 2 is 2.20 bits per heavy atom. The molecule has 0 spiro atoms. The first kappa shape index (κ1) is 20.9. The van der Waals surface area contributed by atoms with Gasteiger partial charge in [-0.15, -0.1) is 11.8 Å². The highest BCUT2D eigenvalue weighted by molar-refractivity contribution is 8.01. The van der Waals surface area contributed by atoms with Gasteiger partial charge < -0.3 is 20.1 Å². The van der Waals surface area contributed by atoms with E-state index in [1.165, 1.54) is 11.8 Å². The van der Waals surface area contributed by atoms with Crippen LogP contribution < -0.4 is 20.1 Å². The van der Waals surface area contributed by atoms with Crippen molar-refractivity contribution in [2.75, 3.05) is 11.9 Å². The predicted octanol–water partition coefficient (Wildman–Crippen LogP) is 4.18. The lowest BCUT2D eigenvalue weighted by molar-refractivity contribution is -0.124. The molecule has 2 aliphatic rings. The summed E-state index contributed by atoms with van der Waals surface area (Å²) in [6.07, 6.45) is 1.07. The second-order valence-electron chi connectivity index (χ2n) is 7.35. The average Bonchev–Trinajstić information content (AvgIpc) is 3.06. The highest BCUT2D eigenvalue weighted by Gasteiger charge is 2.29. The van der Waals surface area contributed by atoms with Gasteiger partial charge in [-0.3, -0.25) is 9.59 Å². The standard InChI is InChI=1S/C22H23ClN2O4S/c1-3-28-17-7-13-6-12(2)29-18(13)8-14(17)11-24-21(26)10-20-22(27)25-16-9-15(23)4-5-19(16)30-20/h4-5,7-9,12,20H,3,6,10-11H2,1-2H3,(H,24,26)(H,25,27)/t12-,20-/m0/s1. The molecule has 0 aromatic heterocycles. The van der Waals surface area contributed by atoms with Crippen molar-refractivity contribution in [1.82, 2.24) is 5.32 Å². The molecule has 8 heteroatoms. The minimum atomic E-state index is -0.491. The van der Waals surface area contributed by atoms with E-state index in [0.29, 0.717) is 23.9 Å². The third-order valence-corrected chi connectivity index (χ3v) is 6.50. The monoisotopic (exact) mass is 446 g/mol. The molecular weight excluding hydrogens is 424 g/mol. The molecule has 30 heavy (non-hydrogen) atoms. The number of fused-ring (bicyclic) bond motifs is 2. The third kappa shape index (κ3) is 4.52. The molecule has 0 fully saturated rings. The molecule has 0 radical (unpaired) electrons. The van der Waals surface area contributed by atoms with Crippen molar-refractivity contribution in [1.29, 1.82) is 0 Å². The summed E-state index contributed by atoms with van der Waals surface area (Å²) in [4.78, 5) is 25.8. The third-order valence-electron chi connectivity index (χ3n) is 4.99. The Balaban J connectivity index is 1.40. The Hall–Kier alpha value is -2.38. The van der Waals surface area contributed by atoms with E-state index >= 15 is 0 Å². The van der Waals surface area contributed by atoms with Gasteiger partial charge in [-0.25, -0.2) is 0 Å². The average molecular weight is 447 g/mol. The summed E-state index contributed by atoms with van der Waals surface area (Å²) in [6.45, 7) is 4.81. The molecule has 2 aromatic carbocycles. The van der Waals surface area contributed by atoms with Crippen molar-refractivity contribution in [3.63, 3.8) is 0 Å². The van der Waals surface area contributed by atoms with E-state index in [9.17, 15) is 9.59 Å². The summed E-state index contributed by atoms with van der Waals surface area (Å²) in [5, 5.41) is 5.81. The highest BCUT2D eigenvalue weighted by Crippen LogP contribution is 2.38. The molecule has 4 rings (SSSR count). The second-order valence-corrected chi connectivity index (χ2v) is 9.03. The maximum atomic E-state index is 12.6. The number of carbonyl (C=O) groups excluding carboxylic acids is 2. The molecule has 0 saturated carbocycles. The normalized spacial score (nSPS) is 19.4. The minimum absolute atomic E-state index is 0.0843. The van der Waals surface area contributed by atoms with E-state index in [-0.39, 0.29) is 24.3 Å². The van der Waals surface area contributed by atoms with Gasteiger partial charge in [0.2, 0.25) is 11.8 Å². The van der Waals surface area contributed by atoms with Crippen LogP contribution in [-0.2, 0) is 22.6 Å². The maximum Gasteiger partial charge on any atom is 0.238 e. The number of hydrogen-bond donors (Lipinski definition) is 2. The van der Waals surface area contributed by atoms with Crippen LogP contribution in [0.1, 0.15) is 31.4 Å². The Morgan fingerprint density at radius 1 is 1.37 bits per heavy atom. The molecule has 0 unspecified atom stereocenters. The lowest BCUT2D eigenvalue weighted by Gasteiger charge is -2.24. The van der Waals surface area contributed by atoms with Crippen LogP contribution in [0.5, 0.6) is 11.5 Å². The highest BCUT2D eigenvalue weighted by atomic mass is 35.5. The second kappa shape index (κ2) is 8.78. The first-order valence-corrected chi connectivity index (χ1v) is 11.2. The summed E-state index contributed by atoms with van der Waals surface area (Å²) in [5.74, 6) is 1.20. The van der Waals surface area contributed by atoms with Crippen molar-refractivity contribution < 1.29 is 19.1 Å². The lowest BCUT2D eigenvalue weighted by Crippen LogP contribution is -2.34. The molecule has 2 aliphatic heterocycles. The Kier molecular flexibility index (Phi) is 6.11. The van der Waals surface area contributed by atoms with E-state index in [4.69, 9.17) is 21.1 Å². The molecule has 2 heterocycles. The van der Waals surface area contributed by atoms with Crippen molar-refractivity contribution in [2.45, 2.75) is 49.5 Å². The molecule has 2 atom stereocenters. The minimum Gasteiger partial charge on any atom is -0.494 e. The molecule has 0 bridgehead atoms. The van der Waals surface area contributed by atoms with E-state index in [0.717, 1.165) is 33.9 Å². The van der Waals surface area contributed by atoms with Crippen molar-refractivity contribution in [3.8, 4) is 11.5 Å². The van der Waals surface area contributed by atoms with Gasteiger partial charge in [0.1, 0.15) is 17.6 Å². The number of ether oxygens (including phenoxy) is 2. The molecule has 0 saturated heterocycles. The fourth-order valence-corrected chi connectivity index (χ4v) is 4.86. The maximum absolute atomic E-state index is 12.6. The largest absolute Gasteiger partial charge is 0.494 e. The van der Waals surface area contributed by atoms with Crippen LogP contribution in [0.2, 0.25) is 5.02 Å². The zero-order chi connectivity index (χ0) is 21.3. The molecule has 6 nitrogen and oxygen atoms in total. The number of benzene rings is 2. The van der Waals surface area contributed by atoms with Crippen LogP contribution in [0.3, 0.4) is 0 Å². The van der Waals surface area contributed by atoms with Gasteiger partial charge >= 0.3 is 0 Å². The van der Waals surface area contributed by atoms with E-state index < -0.39 is 5.25 Å². The van der Waals surface area contributed by atoms with Crippen molar-refractivity contribution in [3.05, 3.63) is 46.5 Å². The Bertz CT molecular complexity index is 997. The van der Waals surface area contributed by atoms with Crippen LogP contribution in [0.25, 0.3) is 0 Å². The molecule has 2 amide bonds. The number of amides is 2.